The first-order valence-electron chi connectivity index (χ1n) is 11.1. The van der Waals surface area contributed by atoms with Crippen LogP contribution in [0.3, 0.4) is 0 Å². The van der Waals surface area contributed by atoms with Crippen molar-refractivity contribution in [1.82, 2.24) is 24.5 Å². The van der Waals surface area contributed by atoms with Crippen molar-refractivity contribution in [2.24, 2.45) is 7.05 Å². The van der Waals surface area contributed by atoms with Crippen molar-refractivity contribution in [3.63, 3.8) is 0 Å². The first-order valence-corrected chi connectivity index (χ1v) is 11.5. The van der Waals surface area contributed by atoms with Crippen LogP contribution in [0.15, 0.2) is 79.1 Å². The second kappa shape index (κ2) is 9.68. The van der Waals surface area contributed by atoms with Crippen molar-refractivity contribution in [2.75, 3.05) is 5.32 Å². The molecule has 3 heterocycles. The summed E-state index contributed by atoms with van der Waals surface area (Å²) in [6, 6.07) is 21.2. The van der Waals surface area contributed by atoms with Gasteiger partial charge in [0.05, 0.1) is 5.69 Å². The molecule has 0 spiro atoms. The van der Waals surface area contributed by atoms with E-state index in [4.69, 9.17) is 19.4 Å². The van der Waals surface area contributed by atoms with E-state index in [1.807, 2.05) is 73.9 Å². The third-order valence-corrected chi connectivity index (χ3v) is 6.10. The number of carbonyl (C=O) groups excluding carboxylic acids is 1. The van der Waals surface area contributed by atoms with Crippen LogP contribution in [-0.2, 0) is 20.1 Å². The van der Waals surface area contributed by atoms with Gasteiger partial charge < -0.3 is 15.2 Å². The molecule has 3 aromatic heterocycles. The lowest BCUT2D eigenvalue weighted by Gasteiger charge is -2.12. The topological polar surface area (TPSA) is 76.2 Å². The Morgan fingerprint density at radius 3 is 2.49 bits per heavy atom. The van der Waals surface area contributed by atoms with Crippen molar-refractivity contribution in [1.29, 1.82) is 0 Å². The molecule has 0 aliphatic carbocycles. The second-order valence-electron chi connectivity index (χ2n) is 8.20. The summed E-state index contributed by atoms with van der Waals surface area (Å²) in [5, 5.41) is 11.4. The lowest BCUT2D eigenvalue weighted by Crippen LogP contribution is -2.24. The normalized spacial score (nSPS) is 11.0. The van der Waals surface area contributed by atoms with Crippen LogP contribution in [0.25, 0.3) is 16.9 Å². The van der Waals surface area contributed by atoms with E-state index >= 15 is 0 Å². The largest absolute Gasteiger partial charge is 0.366 e. The molecule has 0 saturated carbocycles. The van der Waals surface area contributed by atoms with E-state index < -0.39 is 0 Å². The molecule has 0 atom stereocenters. The number of aromatic nitrogens is 4. The molecule has 0 unspecified atom stereocenters. The van der Waals surface area contributed by atoms with Crippen LogP contribution in [0.5, 0.6) is 0 Å². The van der Waals surface area contributed by atoms with E-state index in [-0.39, 0.29) is 5.91 Å². The molecule has 5 aromatic rings. The van der Waals surface area contributed by atoms with Gasteiger partial charge in [0.2, 0.25) is 0 Å². The number of anilines is 1. The third kappa shape index (κ3) is 4.79. The van der Waals surface area contributed by atoms with Gasteiger partial charge in [0.25, 0.3) is 5.91 Å². The molecule has 2 N–H and O–H groups in total. The molecule has 0 fully saturated rings. The summed E-state index contributed by atoms with van der Waals surface area (Å²) in [7, 11) is 7.95. The summed E-state index contributed by atoms with van der Waals surface area (Å²) in [6.07, 6.45) is 3.44. The van der Waals surface area contributed by atoms with Crippen molar-refractivity contribution in [2.45, 2.75) is 13.1 Å². The van der Waals surface area contributed by atoms with Crippen LogP contribution in [0, 0.1) is 0 Å². The summed E-state index contributed by atoms with van der Waals surface area (Å²) in [4.78, 5) is 17.0. The minimum absolute atomic E-state index is 0.0993. The zero-order valence-electron chi connectivity index (χ0n) is 19.1. The third-order valence-electron chi connectivity index (χ3n) is 5.77. The maximum absolute atomic E-state index is 12.3. The van der Waals surface area contributed by atoms with E-state index in [1.165, 1.54) is 0 Å². The zero-order valence-corrected chi connectivity index (χ0v) is 19.8. The van der Waals surface area contributed by atoms with Crippen LogP contribution in [0.4, 0.5) is 5.82 Å². The summed E-state index contributed by atoms with van der Waals surface area (Å²) in [5.41, 5.74) is 5.31. The van der Waals surface area contributed by atoms with Gasteiger partial charge in [-0.2, -0.15) is 9.61 Å². The number of benzene rings is 2. The molecule has 1 amide bonds. The molecule has 0 saturated heterocycles. The molecule has 35 heavy (non-hydrogen) atoms. The Morgan fingerprint density at radius 1 is 1.03 bits per heavy atom. The van der Waals surface area contributed by atoms with Gasteiger partial charge in [-0.25, -0.2) is 4.98 Å². The number of carbonyl (C=O) groups is 1. The van der Waals surface area contributed by atoms with Crippen molar-refractivity contribution in [3.05, 3.63) is 101 Å². The van der Waals surface area contributed by atoms with Crippen LogP contribution >= 0.6 is 11.6 Å². The Balaban J connectivity index is 1.30. The number of amides is 1. The highest BCUT2D eigenvalue weighted by Crippen LogP contribution is 2.28. The van der Waals surface area contributed by atoms with Gasteiger partial charge in [-0.1, -0.05) is 54.1 Å². The standard InChI is InChI=1S/C26H22BClN6O/c1-33-12-4-7-23(33)26(35)30-15-18-10-8-17(9-11-18)14-29-24-13-22(19-5-2-3-6-21(19)28)32-25-20(27)16-31-34(24)25/h2-13,16,29H,14-15H2,1H3,(H,30,35). The van der Waals surface area contributed by atoms with Gasteiger partial charge in [0.15, 0.2) is 5.65 Å². The van der Waals surface area contributed by atoms with Crippen LogP contribution in [-0.4, -0.2) is 32.9 Å². The van der Waals surface area contributed by atoms with Gasteiger partial charge in [0, 0.05) is 49.2 Å². The van der Waals surface area contributed by atoms with Crippen molar-refractivity contribution in [3.8, 4) is 11.3 Å². The summed E-state index contributed by atoms with van der Waals surface area (Å²) in [6.45, 7) is 1.02. The minimum atomic E-state index is -0.0993. The highest BCUT2D eigenvalue weighted by molar-refractivity contribution is 6.36. The number of rotatable bonds is 7. The van der Waals surface area contributed by atoms with Crippen LogP contribution in [0.2, 0.25) is 5.02 Å². The lowest BCUT2D eigenvalue weighted by atomic mass is 10.0. The van der Waals surface area contributed by atoms with Crippen LogP contribution in [0.1, 0.15) is 21.6 Å². The maximum atomic E-state index is 12.3. The molecule has 172 valence electrons. The van der Waals surface area contributed by atoms with Crippen LogP contribution < -0.4 is 16.1 Å². The Hall–Kier alpha value is -4.04. The molecular formula is C26H22BClN6O. The Morgan fingerprint density at radius 2 is 1.77 bits per heavy atom. The fraction of sp³-hybridized carbons (Fsp3) is 0.115. The average Bonchev–Trinajstić information content (AvgIpc) is 3.47. The Labute approximate surface area is 209 Å². The number of nitrogens with one attached hydrogen (secondary N) is 2. The lowest BCUT2D eigenvalue weighted by molar-refractivity contribution is 0.0943. The van der Waals surface area contributed by atoms with E-state index in [1.54, 1.807) is 21.3 Å². The number of aryl methyl sites for hydroxylation is 1. The molecule has 0 bridgehead atoms. The fourth-order valence-electron chi connectivity index (χ4n) is 3.85. The van der Waals surface area contributed by atoms with Gasteiger partial charge >= 0.3 is 0 Å². The Bertz CT molecular complexity index is 1510. The summed E-state index contributed by atoms with van der Waals surface area (Å²) in [5.74, 6) is 0.651. The maximum Gasteiger partial charge on any atom is 0.268 e. The quantitative estimate of drug-likeness (QED) is 0.348. The summed E-state index contributed by atoms with van der Waals surface area (Å²) < 4.78 is 3.48. The fourth-order valence-corrected chi connectivity index (χ4v) is 4.08. The second-order valence-corrected chi connectivity index (χ2v) is 8.61. The number of hydrogen-bond donors (Lipinski definition) is 2. The molecule has 9 heteroatoms. The number of halogens is 1. The Kier molecular flexibility index (Phi) is 6.29. The predicted molar refractivity (Wildman–Crippen MR) is 139 cm³/mol. The van der Waals surface area contributed by atoms with E-state index in [0.717, 1.165) is 22.5 Å². The van der Waals surface area contributed by atoms with Crippen molar-refractivity contribution >= 4 is 42.3 Å². The molecule has 0 aliphatic heterocycles. The van der Waals surface area contributed by atoms with Crippen molar-refractivity contribution < 1.29 is 4.79 Å². The number of fused-ring (bicyclic) bond motifs is 1. The predicted octanol–water partition coefficient (Wildman–Crippen LogP) is 3.72. The molecule has 7 nitrogen and oxygen atoms in total. The zero-order chi connectivity index (χ0) is 24.4. The number of hydrogen-bond acceptors (Lipinski definition) is 4. The van der Waals surface area contributed by atoms with Gasteiger partial charge in [-0.05, 0) is 34.8 Å². The molecular weight excluding hydrogens is 459 g/mol. The monoisotopic (exact) mass is 480 g/mol. The molecule has 2 aromatic carbocycles. The molecule has 2 radical (unpaired) electrons. The first kappa shape index (κ1) is 22.7. The van der Waals surface area contributed by atoms with Gasteiger partial charge in [-0.15, -0.1) is 0 Å². The van der Waals surface area contributed by atoms with E-state index in [0.29, 0.717) is 40.6 Å². The smallest absolute Gasteiger partial charge is 0.268 e. The minimum Gasteiger partial charge on any atom is -0.366 e. The summed E-state index contributed by atoms with van der Waals surface area (Å²) >= 11 is 6.40. The molecule has 0 aliphatic rings. The van der Waals surface area contributed by atoms with E-state index in [9.17, 15) is 4.79 Å². The average molecular weight is 481 g/mol. The molecule has 5 rings (SSSR count). The SMILES string of the molecule is [B]c1cnn2c(NCc3ccc(CNC(=O)c4cccn4C)cc3)cc(-c3ccccc3Cl)nc12. The van der Waals surface area contributed by atoms with Gasteiger partial charge in [0.1, 0.15) is 19.4 Å². The highest BCUT2D eigenvalue weighted by atomic mass is 35.5. The number of nitrogens with zero attached hydrogens (tertiary/aromatic N) is 4. The van der Waals surface area contributed by atoms with Gasteiger partial charge in [-0.3, -0.25) is 4.79 Å². The highest BCUT2D eigenvalue weighted by Gasteiger charge is 2.13. The van der Waals surface area contributed by atoms with E-state index in [2.05, 4.69) is 20.7 Å². The first-order chi connectivity index (χ1) is 17.0.